The lowest BCUT2D eigenvalue weighted by Gasteiger charge is -2.32. The van der Waals surface area contributed by atoms with Gasteiger partial charge in [-0.05, 0) is 30.4 Å². The summed E-state index contributed by atoms with van der Waals surface area (Å²) in [7, 11) is 4.50. The van der Waals surface area contributed by atoms with Crippen LogP contribution in [0.1, 0.15) is 42.9 Å². The highest BCUT2D eigenvalue weighted by molar-refractivity contribution is 5.31. The van der Waals surface area contributed by atoms with Crippen LogP contribution in [-0.2, 0) is 11.2 Å². The number of nitrogens with one attached hydrogen (secondary N) is 2. The number of aliphatic hydroxyl groups is 1. The lowest BCUT2D eigenvalue weighted by atomic mass is 9.89. The normalized spacial score (nSPS) is 29.7. The Kier molecular flexibility index (Phi) is 6.28. The molecule has 3 atom stereocenters. The summed E-state index contributed by atoms with van der Waals surface area (Å²) in [5.74, 6) is 0. The first-order valence-electron chi connectivity index (χ1n) is 9.64. The van der Waals surface area contributed by atoms with Crippen LogP contribution in [0.4, 0.5) is 0 Å². The van der Waals surface area contributed by atoms with E-state index in [9.17, 15) is 5.11 Å². The van der Waals surface area contributed by atoms with Gasteiger partial charge in [-0.25, -0.2) is 0 Å². The second-order valence-electron chi connectivity index (χ2n) is 7.85. The van der Waals surface area contributed by atoms with E-state index in [1.54, 1.807) is 4.90 Å². The molecule has 3 N–H and O–H groups in total. The van der Waals surface area contributed by atoms with Crippen molar-refractivity contribution in [3.63, 3.8) is 0 Å². The number of aliphatic hydroxyl groups excluding tert-OH is 1. The molecule has 1 unspecified atom stereocenters. The lowest BCUT2D eigenvalue weighted by molar-refractivity contribution is -0.941. The molecule has 24 heavy (non-hydrogen) atoms. The van der Waals surface area contributed by atoms with Crippen molar-refractivity contribution in [3.05, 3.63) is 35.4 Å². The molecule has 2 aliphatic rings. The SMILES string of the molecule is C[NH+]1CCC([NH+](C)C[C@@H](O)CO[C@@H]2CCCc3ccccc32)CC1. The Hall–Kier alpha value is -0.940. The Balaban J connectivity index is 1.45. The third-order valence-electron chi connectivity index (χ3n) is 5.90. The number of fused-ring (bicyclic) bond motifs is 1. The number of ether oxygens (including phenoxy) is 1. The molecule has 4 heteroatoms. The van der Waals surface area contributed by atoms with Crippen LogP contribution in [0, 0.1) is 0 Å². The zero-order valence-electron chi connectivity index (χ0n) is 15.3. The van der Waals surface area contributed by atoms with Crippen LogP contribution in [0.2, 0.25) is 0 Å². The van der Waals surface area contributed by atoms with Gasteiger partial charge in [-0.1, -0.05) is 24.3 Å². The summed E-state index contributed by atoms with van der Waals surface area (Å²) in [6.45, 7) is 3.76. The van der Waals surface area contributed by atoms with Crippen LogP contribution in [0.5, 0.6) is 0 Å². The topological polar surface area (TPSA) is 38.3 Å². The maximum absolute atomic E-state index is 10.4. The zero-order valence-corrected chi connectivity index (χ0v) is 15.3. The molecular formula is C20H34N2O2+2. The number of likely N-dealkylation sites (tertiary alicyclic amines) is 1. The Morgan fingerprint density at radius 3 is 2.79 bits per heavy atom. The average molecular weight is 335 g/mol. The molecule has 0 bridgehead atoms. The van der Waals surface area contributed by atoms with Crippen LogP contribution in [0.25, 0.3) is 0 Å². The molecule has 1 aromatic rings. The standard InChI is InChI=1S/C20H32N2O2/c1-21-12-10-17(11-13-21)22(2)14-18(23)15-24-20-9-5-7-16-6-3-4-8-19(16)20/h3-4,6,8,17-18,20,23H,5,7,9-15H2,1-2H3/p+2/t18-,20-/m1/s1. The first kappa shape index (κ1) is 17.9. The van der Waals surface area contributed by atoms with Gasteiger partial charge in [0.05, 0.1) is 45.9 Å². The fourth-order valence-corrected chi connectivity index (χ4v) is 4.31. The van der Waals surface area contributed by atoms with Gasteiger partial charge in [0, 0.05) is 12.8 Å². The first-order chi connectivity index (χ1) is 11.6. The number of benzene rings is 1. The predicted octanol–water partition coefficient (Wildman–Crippen LogP) is -0.367. The maximum atomic E-state index is 10.4. The monoisotopic (exact) mass is 334 g/mol. The minimum absolute atomic E-state index is 0.164. The highest BCUT2D eigenvalue weighted by Crippen LogP contribution is 2.32. The lowest BCUT2D eigenvalue weighted by Crippen LogP contribution is -3.18. The summed E-state index contributed by atoms with van der Waals surface area (Å²) in [5.41, 5.74) is 2.75. The minimum Gasteiger partial charge on any atom is -0.385 e. The Bertz CT molecular complexity index is 514. The van der Waals surface area contributed by atoms with E-state index < -0.39 is 0 Å². The number of likely N-dealkylation sites (N-methyl/N-ethyl adjacent to an activating group) is 1. The van der Waals surface area contributed by atoms with E-state index in [1.807, 2.05) is 0 Å². The molecule has 1 saturated heterocycles. The maximum Gasteiger partial charge on any atom is 0.126 e. The molecule has 0 spiro atoms. The Labute approximate surface area is 146 Å². The van der Waals surface area contributed by atoms with Gasteiger partial charge in [-0.2, -0.15) is 0 Å². The fourth-order valence-electron chi connectivity index (χ4n) is 4.31. The van der Waals surface area contributed by atoms with E-state index >= 15 is 0 Å². The summed E-state index contributed by atoms with van der Waals surface area (Å²) >= 11 is 0. The Morgan fingerprint density at radius 2 is 2.00 bits per heavy atom. The van der Waals surface area contributed by atoms with Crippen LogP contribution in [0.15, 0.2) is 24.3 Å². The predicted molar refractivity (Wildman–Crippen MR) is 95.5 cm³/mol. The van der Waals surface area contributed by atoms with Crippen LogP contribution in [0.3, 0.4) is 0 Å². The van der Waals surface area contributed by atoms with Crippen molar-refractivity contribution in [2.24, 2.45) is 0 Å². The van der Waals surface area contributed by atoms with Crippen LogP contribution >= 0.6 is 0 Å². The zero-order chi connectivity index (χ0) is 16.9. The fraction of sp³-hybridized carbons (Fsp3) is 0.700. The number of piperidine rings is 1. The summed E-state index contributed by atoms with van der Waals surface area (Å²) in [4.78, 5) is 3.10. The second-order valence-corrected chi connectivity index (χ2v) is 7.85. The van der Waals surface area contributed by atoms with E-state index in [0.29, 0.717) is 12.6 Å². The van der Waals surface area contributed by atoms with Gasteiger partial charge in [0.2, 0.25) is 0 Å². The largest absolute Gasteiger partial charge is 0.385 e. The van der Waals surface area contributed by atoms with Crippen molar-refractivity contribution in [1.29, 1.82) is 0 Å². The molecule has 0 saturated carbocycles. The molecule has 4 nitrogen and oxygen atoms in total. The van der Waals surface area contributed by atoms with E-state index in [-0.39, 0.29) is 12.2 Å². The van der Waals surface area contributed by atoms with Crippen molar-refractivity contribution < 1.29 is 19.6 Å². The molecule has 3 rings (SSSR count). The number of rotatable bonds is 6. The third-order valence-corrected chi connectivity index (χ3v) is 5.90. The molecule has 1 aromatic carbocycles. The first-order valence-corrected chi connectivity index (χ1v) is 9.64. The molecule has 1 heterocycles. The highest BCUT2D eigenvalue weighted by atomic mass is 16.5. The summed E-state index contributed by atoms with van der Waals surface area (Å²) in [6, 6.07) is 9.29. The number of quaternary nitrogens is 2. The van der Waals surface area contributed by atoms with Gasteiger partial charge in [-0.3, -0.25) is 0 Å². The van der Waals surface area contributed by atoms with E-state index in [4.69, 9.17) is 4.74 Å². The number of hydrogen-bond donors (Lipinski definition) is 3. The van der Waals surface area contributed by atoms with Gasteiger partial charge in [-0.15, -0.1) is 0 Å². The summed E-state index contributed by atoms with van der Waals surface area (Å²) < 4.78 is 6.11. The Morgan fingerprint density at radius 1 is 1.25 bits per heavy atom. The van der Waals surface area contributed by atoms with Gasteiger partial charge >= 0.3 is 0 Å². The van der Waals surface area contributed by atoms with E-state index in [2.05, 4.69) is 38.4 Å². The average Bonchev–Trinajstić information content (AvgIpc) is 2.60. The van der Waals surface area contributed by atoms with Gasteiger partial charge in [0.15, 0.2) is 0 Å². The number of aryl methyl sites for hydroxylation is 1. The summed E-state index contributed by atoms with van der Waals surface area (Å²) in [6.07, 6.45) is 5.74. The van der Waals surface area contributed by atoms with Crippen molar-refractivity contribution in [3.8, 4) is 0 Å². The van der Waals surface area contributed by atoms with E-state index in [0.717, 1.165) is 19.4 Å². The highest BCUT2D eigenvalue weighted by Gasteiger charge is 2.28. The molecule has 134 valence electrons. The van der Waals surface area contributed by atoms with Crippen molar-refractivity contribution >= 4 is 0 Å². The minimum atomic E-state index is -0.369. The molecule has 0 radical (unpaired) electrons. The molecule has 0 aromatic heterocycles. The number of hydrogen-bond acceptors (Lipinski definition) is 2. The van der Waals surface area contributed by atoms with Crippen LogP contribution < -0.4 is 9.80 Å². The van der Waals surface area contributed by atoms with Crippen molar-refractivity contribution in [1.82, 2.24) is 0 Å². The molecule has 1 aliphatic heterocycles. The smallest absolute Gasteiger partial charge is 0.126 e. The van der Waals surface area contributed by atoms with Crippen LogP contribution in [-0.4, -0.2) is 57.6 Å². The summed E-state index contributed by atoms with van der Waals surface area (Å²) in [5, 5.41) is 10.4. The molecule has 0 amide bonds. The van der Waals surface area contributed by atoms with E-state index in [1.165, 1.54) is 48.4 Å². The van der Waals surface area contributed by atoms with Gasteiger partial charge < -0.3 is 19.6 Å². The molecule has 1 aliphatic carbocycles. The van der Waals surface area contributed by atoms with Gasteiger partial charge in [0.1, 0.15) is 12.6 Å². The van der Waals surface area contributed by atoms with Crippen molar-refractivity contribution in [2.45, 2.75) is 50.4 Å². The third kappa shape index (κ3) is 4.57. The van der Waals surface area contributed by atoms with Gasteiger partial charge in [0.25, 0.3) is 0 Å². The quantitative estimate of drug-likeness (QED) is 0.664. The second kappa shape index (κ2) is 8.43. The molecule has 1 fully saturated rings. The van der Waals surface area contributed by atoms with Crippen molar-refractivity contribution in [2.75, 3.05) is 40.3 Å². The molecular weight excluding hydrogens is 300 g/mol.